The highest BCUT2D eigenvalue weighted by Gasteiger charge is 2.35. The Kier molecular flexibility index (Phi) is 5.78. The zero-order valence-corrected chi connectivity index (χ0v) is 16.5. The van der Waals surface area contributed by atoms with E-state index < -0.39 is 11.5 Å². The first-order valence-corrected chi connectivity index (χ1v) is 9.62. The summed E-state index contributed by atoms with van der Waals surface area (Å²) in [4.78, 5) is 26.6. The maximum absolute atomic E-state index is 13.1. The monoisotopic (exact) mass is 428 g/mol. The van der Waals surface area contributed by atoms with Crippen LogP contribution in [0.25, 0.3) is 11.3 Å². The molecule has 1 aliphatic heterocycles. The molecule has 4 rings (SSSR count). The van der Waals surface area contributed by atoms with Crippen molar-refractivity contribution >= 4 is 11.8 Å². The van der Waals surface area contributed by atoms with Crippen molar-refractivity contribution in [3.05, 3.63) is 59.8 Å². The lowest BCUT2D eigenvalue weighted by Crippen LogP contribution is -2.53. The van der Waals surface area contributed by atoms with Crippen molar-refractivity contribution in [1.29, 1.82) is 0 Å². The topological polar surface area (TPSA) is 136 Å². The summed E-state index contributed by atoms with van der Waals surface area (Å²) in [6.07, 6.45) is 1.45. The van der Waals surface area contributed by atoms with Crippen molar-refractivity contribution in [2.45, 2.75) is 5.60 Å². The third-order valence-corrected chi connectivity index (χ3v) is 4.92. The number of amides is 2. The number of carbonyl (C=O) groups excluding carboxylic acids is 2. The van der Waals surface area contributed by atoms with Gasteiger partial charge in [-0.2, -0.15) is 10.2 Å². The van der Waals surface area contributed by atoms with Crippen LogP contribution < -0.4 is 5.32 Å². The summed E-state index contributed by atoms with van der Waals surface area (Å²) in [6, 6.07) is 8.85. The first-order valence-electron chi connectivity index (χ1n) is 9.62. The van der Waals surface area contributed by atoms with Gasteiger partial charge < -0.3 is 20.1 Å². The van der Waals surface area contributed by atoms with Gasteiger partial charge in [0.1, 0.15) is 22.8 Å². The smallest absolute Gasteiger partial charge is 0.272 e. The fraction of sp³-hybridized carbons (Fsp3) is 0.300. The zero-order chi connectivity index (χ0) is 21.8. The largest absolute Gasteiger partial charge is 0.384 e. The number of aromatic amines is 2. The zero-order valence-electron chi connectivity index (χ0n) is 16.5. The Morgan fingerprint density at radius 1 is 1.23 bits per heavy atom. The minimum Gasteiger partial charge on any atom is -0.384 e. The number of carbonyl (C=O) groups is 2. The third-order valence-electron chi connectivity index (χ3n) is 4.92. The number of ether oxygens (including phenoxy) is 1. The molecule has 11 heteroatoms. The van der Waals surface area contributed by atoms with E-state index in [-0.39, 0.29) is 56.0 Å². The minimum atomic E-state index is -1.47. The molecular formula is C20H21FN6O4. The number of aliphatic hydroxyl groups is 1. The highest BCUT2D eigenvalue weighted by molar-refractivity contribution is 5.93. The molecule has 0 bridgehead atoms. The van der Waals surface area contributed by atoms with Crippen LogP contribution in [-0.4, -0.2) is 80.7 Å². The predicted octanol–water partition coefficient (Wildman–Crippen LogP) is 0.572. The van der Waals surface area contributed by atoms with Gasteiger partial charge in [-0.05, 0) is 36.4 Å². The first-order chi connectivity index (χ1) is 14.9. The van der Waals surface area contributed by atoms with Crippen LogP contribution in [-0.2, 0) is 4.74 Å². The SMILES string of the molecule is O=C(NCC1(O)COCCN(C(=O)c2cc(-c3ccc(F)cc3)n[nH]2)C1)c1ccn[nH]1. The number of H-pyrrole nitrogens is 2. The number of aromatic nitrogens is 4. The molecule has 0 radical (unpaired) electrons. The van der Waals surface area contributed by atoms with Crippen LogP contribution in [0.2, 0.25) is 0 Å². The van der Waals surface area contributed by atoms with Crippen molar-refractivity contribution < 1.29 is 23.8 Å². The van der Waals surface area contributed by atoms with E-state index in [1.165, 1.54) is 29.3 Å². The fourth-order valence-corrected chi connectivity index (χ4v) is 3.29. The molecule has 162 valence electrons. The van der Waals surface area contributed by atoms with Gasteiger partial charge in [0, 0.05) is 18.3 Å². The van der Waals surface area contributed by atoms with Gasteiger partial charge in [-0.1, -0.05) is 0 Å². The third kappa shape index (κ3) is 4.78. The fourth-order valence-electron chi connectivity index (χ4n) is 3.29. The average Bonchev–Trinajstić information content (AvgIpc) is 3.44. The Balaban J connectivity index is 1.44. The average molecular weight is 428 g/mol. The highest BCUT2D eigenvalue weighted by Crippen LogP contribution is 2.20. The minimum absolute atomic E-state index is 0.0379. The lowest BCUT2D eigenvalue weighted by molar-refractivity contribution is -0.0324. The van der Waals surface area contributed by atoms with Crippen molar-refractivity contribution in [2.75, 3.05) is 32.8 Å². The van der Waals surface area contributed by atoms with E-state index in [0.717, 1.165) is 0 Å². The standard InChI is InChI=1S/C20H21FN6O4/c21-14-3-1-13(2-4-14)16-9-17(26-25-16)19(29)27-7-8-31-12-20(30,11-27)10-22-18(28)15-5-6-23-24-15/h1-6,9,30H,7-8,10-12H2,(H,22,28)(H,23,24)(H,25,26). The summed E-state index contributed by atoms with van der Waals surface area (Å²) in [6.45, 7) is 0.310. The van der Waals surface area contributed by atoms with Crippen LogP contribution in [0, 0.1) is 5.82 Å². The molecule has 2 amide bonds. The molecule has 0 spiro atoms. The number of rotatable bonds is 5. The van der Waals surface area contributed by atoms with Gasteiger partial charge in [0.25, 0.3) is 11.8 Å². The van der Waals surface area contributed by atoms with E-state index in [2.05, 4.69) is 25.7 Å². The molecule has 1 unspecified atom stereocenters. The molecule has 3 aromatic rings. The maximum atomic E-state index is 13.1. The second-order valence-corrected chi connectivity index (χ2v) is 7.33. The van der Waals surface area contributed by atoms with Gasteiger partial charge in [0.2, 0.25) is 0 Å². The summed E-state index contributed by atoms with van der Waals surface area (Å²) >= 11 is 0. The lowest BCUT2D eigenvalue weighted by atomic mass is 10.0. The molecule has 0 aliphatic carbocycles. The molecule has 2 aromatic heterocycles. The number of β-amino-alcohol motifs (C(OH)–C–C–N with tert-alkyl or cyclic N) is 1. The summed E-state index contributed by atoms with van der Waals surface area (Å²) in [5, 5.41) is 26.7. The second kappa shape index (κ2) is 8.66. The van der Waals surface area contributed by atoms with Crippen molar-refractivity contribution in [2.24, 2.45) is 0 Å². The van der Waals surface area contributed by atoms with Crippen LogP contribution in [0.15, 0.2) is 42.6 Å². The Labute approximate surface area is 176 Å². The van der Waals surface area contributed by atoms with Crippen molar-refractivity contribution in [3.63, 3.8) is 0 Å². The number of halogens is 1. The van der Waals surface area contributed by atoms with Gasteiger partial charge in [0.05, 0.1) is 32.0 Å². The number of benzene rings is 1. The van der Waals surface area contributed by atoms with E-state index in [0.29, 0.717) is 11.3 Å². The molecule has 1 fully saturated rings. The van der Waals surface area contributed by atoms with Crippen molar-refractivity contribution in [3.8, 4) is 11.3 Å². The summed E-state index contributed by atoms with van der Waals surface area (Å²) in [7, 11) is 0. The van der Waals surface area contributed by atoms with E-state index >= 15 is 0 Å². The summed E-state index contributed by atoms with van der Waals surface area (Å²) < 4.78 is 18.6. The summed E-state index contributed by atoms with van der Waals surface area (Å²) in [5.74, 6) is -1.16. The second-order valence-electron chi connectivity index (χ2n) is 7.33. The van der Waals surface area contributed by atoms with E-state index in [4.69, 9.17) is 4.74 Å². The maximum Gasteiger partial charge on any atom is 0.272 e. The number of hydrogen-bond acceptors (Lipinski definition) is 6. The van der Waals surface area contributed by atoms with E-state index in [1.807, 2.05) is 0 Å². The molecule has 4 N–H and O–H groups in total. The Bertz CT molecular complexity index is 1050. The molecule has 1 aromatic carbocycles. The number of nitrogens with one attached hydrogen (secondary N) is 3. The molecule has 1 saturated heterocycles. The highest BCUT2D eigenvalue weighted by atomic mass is 19.1. The first kappa shape index (κ1) is 20.7. The molecule has 0 saturated carbocycles. The van der Waals surface area contributed by atoms with Gasteiger partial charge in [-0.15, -0.1) is 0 Å². The van der Waals surface area contributed by atoms with Crippen LogP contribution >= 0.6 is 0 Å². The van der Waals surface area contributed by atoms with Crippen LogP contribution in [0.1, 0.15) is 21.0 Å². The van der Waals surface area contributed by atoms with E-state index in [9.17, 15) is 19.1 Å². The Hall–Kier alpha value is -3.57. The van der Waals surface area contributed by atoms with Gasteiger partial charge in [-0.3, -0.25) is 19.8 Å². The molecule has 3 heterocycles. The van der Waals surface area contributed by atoms with Crippen LogP contribution in [0.5, 0.6) is 0 Å². The van der Waals surface area contributed by atoms with Crippen LogP contribution in [0.3, 0.4) is 0 Å². The molecular weight excluding hydrogens is 407 g/mol. The lowest BCUT2D eigenvalue weighted by Gasteiger charge is -2.30. The Morgan fingerprint density at radius 3 is 2.77 bits per heavy atom. The van der Waals surface area contributed by atoms with Crippen molar-refractivity contribution in [1.82, 2.24) is 30.6 Å². The number of hydrogen-bond donors (Lipinski definition) is 4. The molecule has 10 nitrogen and oxygen atoms in total. The normalized spacial score (nSPS) is 19.1. The Morgan fingerprint density at radius 2 is 2.03 bits per heavy atom. The predicted molar refractivity (Wildman–Crippen MR) is 107 cm³/mol. The molecule has 31 heavy (non-hydrogen) atoms. The van der Waals surface area contributed by atoms with Gasteiger partial charge in [-0.25, -0.2) is 4.39 Å². The van der Waals surface area contributed by atoms with Gasteiger partial charge >= 0.3 is 0 Å². The number of nitrogens with zero attached hydrogens (tertiary/aromatic N) is 3. The van der Waals surface area contributed by atoms with E-state index in [1.54, 1.807) is 18.2 Å². The van der Waals surface area contributed by atoms with Crippen LogP contribution in [0.4, 0.5) is 4.39 Å². The molecule has 1 atom stereocenters. The van der Waals surface area contributed by atoms with Gasteiger partial charge in [0.15, 0.2) is 0 Å². The summed E-state index contributed by atoms with van der Waals surface area (Å²) in [5.41, 5.74) is 0.175. The molecule has 1 aliphatic rings. The quantitative estimate of drug-likeness (QED) is 0.469.